The standard InChI is InChI=1S/C19H19N3O2/c1-22(2)18-6-4-3-5-16(18)17(21-22)12-9-14-7-10-15(11-8-14)24-13-19(20)23/h3-12H,13H2,1-2H3,(H-,20,23)/p+1/b12-9+. The van der Waals surface area contributed by atoms with E-state index in [-0.39, 0.29) is 6.61 Å². The topological polar surface area (TPSA) is 64.7 Å². The Labute approximate surface area is 141 Å². The summed E-state index contributed by atoms with van der Waals surface area (Å²) in [7, 11) is 4.12. The van der Waals surface area contributed by atoms with Crippen LogP contribution < -0.4 is 15.1 Å². The van der Waals surface area contributed by atoms with Gasteiger partial charge in [0.1, 0.15) is 11.5 Å². The van der Waals surface area contributed by atoms with Crippen LogP contribution in [0.3, 0.4) is 0 Å². The summed E-state index contributed by atoms with van der Waals surface area (Å²) < 4.78 is 5.75. The summed E-state index contributed by atoms with van der Waals surface area (Å²) in [4.78, 5) is 10.7. The number of primary amides is 1. The van der Waals surface area contributed by atoms with E-state index in [2.05, 4.69) is 26.2 Å². The summed E-state index contributed by atoms with van der Waals surface area (Å²) in [5.74, 6) is 0.130. The lowest BCUT2D eigenvalue weighted by Gasteiger charge is -2.17. The summed E-state index contributed by atoms with van der Waals surface area (Å²) in [6.07, 6.45) is 4.03. The van der Waals surface area contributed by atoms with Crippen LogP contribution >= 0.6 is 0 Å². The first-order valence-electron chi connectivity index (χ1n) is 7.69. The van der Waals surface area contributed by atoms with Crippen LogP contribution in [0, 0.1) is 0 Å². The first-order valence-corrected chi connectivity index (χ1v) is 7.69. The Morgan fingerprint density at radius 2 is 1.83 bits per heavy atom. The molecule has 1 amide bonds. The molecule has 2 N–H and O–H groups in total. The Balaban J connectivity index is 1.76. The van der Waals surface area contributed by atoms with Crippen LogP contribution in [-0.4, -0.2) is 32.3 Å². The van der Waals surface area contributed by atoms with Gasteiger partial charge in [-0.15, -0.1) is 0 Å². The second-order valence-corrected chi connectivity index (χ2v) is 6.05. The van der Waals surface area contributed by atoms with E-state index in [1.165, 1.54) is 5.69 Å². The lowest BCUT2D eigenvalue weighted by Crippen LogP contribution is -2.31. The number of hydrogen-bond acceptors (Lipinski definition) is 3. The number of amides is 1. The van der Waals surface area contributed by atoms with Gasteiger partial charge in [0.05, 0.1) is 19.7 Å². The summed E-state index contributed by atoms with van der Waals surface area (Å²) in [5, 5.41) is 4.76. The van der Waals surface area contributed by atoms with Gasteiger partial charge in [-0.3, -0.25) is 4.79 Å². The molecule has 0 saturated heterocycles. The highest BCUT2D eigenvalue weighted by Gasteiger charge is 2.31. The second-order valence-electron chi connectivity index (χ2n) is 6.05. The van der Waals surface area contributed by atoms with Gasteiger partial charge in [0, 0.05) is 6.07 Å². The number of carbonyl (C=O) groups excluding carboxylic acids is 1. The summed E-state index contributed by atoms with van der Waals surface area (Å²) >= 11 is 0. The molecule has 24 heavy (non-hydrogen) atoms. The third-order valence-corrected chi connectivity index (χ3v) is 3.82. The Hall–Kier alpha value is -2.92. The fraction of sp³-hybridized carbons (Fsp3) is 0.158. The van der Waals surface area contributed by atoms with Crippen molar-refractivity contribution in [2.24, 2.45) is 10.8 Å². The number of fused-ring (bicyclic) bond motifs is 1. The van der Waals surface area contributed by atoms with Gasteiger partial charge in [0.25, 0.3) is 5.91 Å². The van der Waals surface area contributed by atoms with Crippen molar-refractivity contribution in [3.05, 3.63) is 65.7 Å². The maximum absolute atomic E-state index is 10.7. The molecule has 0 radical (unpaired) electrons. The van der Waals surface area contributed by atoms with Crippen molar-refractivity contribution in [2.75, 3.05) is 20.7 Å². The van der Waals surface area contributed by atoms with Gasteiger partial charge in [0.2, 0.25) is 0 Å². The van der Waals surface area contributed by atoms with Crippen LogP contribution in [0.15, 0.2) is 59.7 Å². The minimum absolute atomic E-state index is 0.115. The van der Waals surface area contributed by atoms with E-state index < -0.39 is 5.91 Å². The smallest absolute Gasteiger partial charge is 0.255 e. The Bertz CT molecular complexity index is 821. The van der Waals surface area contributed by atoms with E-state index in [0.29, 0.717) is 10.3 Å². The molecule has 2 aromatic carbocycles. The van der Waals surface area contributed by atoms with Crippen LogP contribution in [0.25, 0.3) is 6.08 Å². The van der Waals surface area contributed by atoms with Crippen LogP contribution in [0.1, 0.15) is 11.1 Å². The quantitative estimate of drug-likeness (QED) is 0.860. The number of benzene rings is 2. The zero-order valence-corrected chi connectivity index (χ0v) is 13.8. The highest BCUT2D eigenvalue weighted by Crippen LogP contribution is 2.32. The third-order valence-electron chi connectivity index (χ3n) is 3.82. The van der Waals surface area contributed by atoms with Crippen LogP contribution in [0.4, 0.5) is 5.69 Å². The molecular weight excluding hydrogens is 302 g/mol. The zero-order valence-electron chi connectivity index (χ0n) is 13.8. The van der Waals surface area contributed by atoms with E-state index >= 15 is 0 Å². The number of ether oxygens (including phenoxy) is 1. The minimum atomic E-state index is -0.488. The normalized spacial score (nSPS) is 15.2. The maximum atomic E-state index is 10.7. The van der Waals surface area contributed by atoms with Crippen molar-refractivity contribution < 1.29 is 9.53 Å². The molecule has 1 aliphatic rings. The fourth-order valence-electron chi connectivity index (χ4n) is 2.67. The summed E-state index contributed by atoms with van der Waals surface area (Å²) in [6.45, 7) is -0.115. The number of nitrogens with two attached hydrogens (primary N) is 1. The third kappa shape index (κ3) is 3.36. The molecule has 0 spiro atoms. The average Bonchev–Trinajstić information content (AvgIpc) is 2.83. The molecule has 0 saturated carbocycles. The summed E-state index contributed by atoms with van der Waals surface area (Å²) in [5.41, 5.74) is 9.39. The number of rotatable bonds is 5. The molecular formula is C19H20N3O2+. The Kier molecular flexibility index (Phi) is 4.18. The highest BCUT2D eigenvalue weighted by atomic mass is 16.5. The minimum Gasteiger partial charge on any atom is -0.484 e. The molecule has 0 bridgehead atoms. The monoisotopic (exact) mass is 322 g/mol. The van der Waals surface area contributed by atoms with Gasteiger partial charge in [-0.25, -0.2) is 0 Å². The largest absolute Gasteiger partial charge is 0.484 e. The zero-order chi connectivity index (χ0) is 17.2. The van der Waals surface area contributed by atoms with E-state index in [1.54, 1.807) is 0 Å². The van der Waals surface area contributed by atoms with E-state index in [4.69, 9.17) is 15.6 Å². The van der Waals surface area contributed by atoms with Gasteiger partial charge in [-0.05, 0) is 29.8 Å². The molecule has 0 aromatic heterocycles. The molecule has 5 nitrogen and oxygen atoms in total. The maximum Gasteiger partial charge on any atom is 0.255 e. The molecule has 0 unspecified atom stereocenters. The summed E-state index contributed by atoms with van der Waals surface area (Å²) in [6, 6.07) is 15.7. The lowest BCUT2D eigenvalue weighted by molar-refractivity contribution is -0.119. The van der Waals surface area contributed by atoms with Crippen molar-refractivity contribution >= 4 is 23.4 Å². The van der Waals surface area contributed by atoms with Crippen molar-refractivity contribution in [2.45, 2.75) is 0 Å². The molecule has 5 heteroatoms. The molecule has 3 rings (SSSR count). The van der Waals surface area contributed by atoms with Crippen LogP contribution in [-0.2, 0) is 4.79 Å². The van der Waals surface area contributed by atoms with Crippen molar-refractivity contribution in [3.63, 3.8) is 0 Å². The second kappa shape index (κ2) is 6.29. The van der Waals surface area contributed by atoms with E-state index in [0.717, 1.165) is 16.8 Å². The molecule has 122 valence electrons. The number of nitrogens with zero attached hydrogens (tertiary/aromatic N) is 2. The molecule has 0 aliphatic carbocycles. The van der Waals surface area contributed by atoms with Crippen molar-refractivity contribution in [1.82, 2.24) is 4.59 Å². The number of para-hydroxylation sites is 1. The van der Waals surface area contributed by atoms with E-state index in [1.807, 2.05) is 48.6 Å². The predicted molar refractivity (Wildman–Crippen MR) is 96.8 cm³/mol. The van der Waals surface area contributed by atoms with Gasteiger partial charge < -0.3 is 10.5 Å². The molecule has 0 fully saturated rings. The molecule has 2 aromatic rings. The predicted octanol–water partition coefficient (Wildman–Crippen LogP) is 2.55. The average molecular weight is 322 g/mol. The first kappa shape index (κ1) is 16.0. The highest BCUT2D eigenvalue weighted by molar-refractivity contribution is 6.15. The number of quaternary nitrogens is 1. The van der Waals surface area contributed by atoms with Crippen molar-refractivity contribution in [3.8, 4) is 5.75 Å². The van der Waals surface area contributed by atoms with Crippen molar-refractivity contribution in [1.29, 1.82) is 0 Å². The van der Waals surface area contributed by atoms with Gasteiger partial charge in [-0.2, -0.15) is 4.59 Å². The fourth-order valence-corrected chi connectivity index (χ4v) is 2.67. The molecule has 0 atom stereocenters. The van der Waals surface area contributed by atoms with Gasteiger partial charge >= 0.3 is 0 Å². The number of allylic oxidation sites excluding steroid dienone is 1. The van der Waals surface area contributed by atoms with Gasteiger partial charge in [0.15, 0.2) is 12.3 Å². The number of hydrogen-bond donors (Lipinski definition) is 1. The number of carbonyl (C=O) groups is 1. The van der Waals surface area contributed by atoms with E-state index in [9.17, 15) is 4.79 Å². The van der Waals surface area contributed by atoms with Gasteiger partial charge in [-0.1, -0.05) is 35.4 Å². The van der Waals surface area contributed by atoms with Crippen LogP contribution in [0.2, 0.25) is 0 Å². The molecule has 1 aliphatic heterocycles. The first-order chi connectivity index (χ1) is 11.5. The van der Waals surface area contributed by atoms with Crippen LogP contribution in [0.5, 0.6) is 5.75 Å². The molecule has 1 heterocycles. The Morgan fingerprint density at radius 1 is 1.12 bits per heavy atom. The lowest BCUT2D eigenvalue weighted by atomic mass is 10.1. The Morgan fingerprint density at radius 3 is 2.54 bits per heavy atom. The SMILES string of the molecule is C[N+]1(C)N=C(/C=C/c2ccc(OCC(N)=O)cc2)c2ccccc21.